The first-order valence-electron chi connectivity index (χ1n) is 8.66. The Bertz CT molecular complexity index is 613. The van der Waals surface area contributed by atoms with Gasteiger partial charge in [0.25, 0.3) is 5.91 Å². The number of amides is 2. The SMILES string of the molecule is COc1ccccc1OCC(=O)NCC(=O)NCCC1=CCCCC1. The highest BCUT2D eigenvalue weighted by Gasteiger charge is 2.09. The predicted octanol–water partition coefficient (Wildman–Crippen LogP) is 2.20. The summed E-state index contributed by atoms with van der Waals surface area (Å²) < 4.78 is 10.6. The van der Waals surface area contributed by atoms with Crippen molar-refractivity contribution in [1.82, 2.24) is 10.6 Å². The molecule has 0 spiro atoms. The number of ether oxygens (including phenoxy) is 2. The van der Waals surface area contributed by atoms with Gasteiger partial charge in [0.2, 0.25) is 5.91 Å². The number of benzene rings is 1. The largest absolute Gasteiger partial charge is 0.493 e. The van der Waals surface area contributed by atoms with E-state index in [2.05, 4.69) is 16.7 Å². The molecule has 2 rings (SSSR count). The molecule has 2 N–H and O–H groups in total. The van der Waals surface area contributed by atoms with Crippen molar-refractivity contribution in [1.29, 1.82) is 0 Å². The van der Waals surface area contributed by atoms with E-state index < -0.39 is 0 Å². The number of hydrogen-bond donors (Lipinski definition) is 2. The fraction of sp³-hybridized carbons (Fsp3) is 0.474. The van der Waals surface area contributed by atoms with E-state index in [1.807, 2.05) is 6.07 Å². The zero-order valence-corrected chi connectivity index (χ0v) is 14.7. The number of para-hydroxylation sites is 2. The summed E-state index contributed by atoms with van der Waals surface area (Å²) in [7, 11) is 1.54. The number of nitrogens with one attached hydrogen (secondary N) is 2. The van der Waals surface area contributed by atoms with Crippen LogP contribution in [0.1, 0.15) is 32.1 Å². The maximum Gasteiger partial charge on any atom is 0.258 e. The first kappa shape index (κ1) is 18.8. The van der Waals surface area contributed by atoms with Crippen LogP contribution in [0.3, 0.4) is 0 Å². The van der Waals surface area contributed by atoms with Crippen molar-refractivity contribution in [3.63, 3.8) is 0 Å². The van der Waals surface area contributed by atoms with Gasteiger partial charge in [0, 0.05) is 6.54 Å². The van der Waals surface area contributed by atoms with Gasteiger partial charge in [0.15, 0.2) is 18.1 Å². The highest BCUT2D eigenvalue weighted by atomic mass is 16.5. The summed E-state index contributed by atoms with van der Waals surface area (Å²) in [5, 5.41) is 5.37. The lowest BCUT2D eigenvalue weighted by atomic mass is 9.97. The molecule has 1 aliphatic rings. The molecule has 0 radical (unpaired) electrons. The van der Waals surface area contributed by atoms with E-state index in [1.165, 1.54) is 25.5 Å². The highest BCUT2D eigenvalue weighted by molar-refractivity contribution is 5.85. The molecular formula is C19H26N2O4. The number of carbonyl (C=O) groups excluding carboxylic acids is 2. The molecule has 25 heavy (non-hydrogen) atoms. The number of rotatable bonds is 9. The molecule has 1 aromatic rings. The van der Waals surface area contributed by atoms with Gasteiger partial charge in [-0.1, -0.05) is 23.8 Å². The summed E-state index contributed by atoms with van der Waals surface area (Å²) in [4.78, 5) is 23.5. The second kappa shape index (κ2) is 10.4. The third kappa shape index (κ3) is 6.87. The van der Waals surface area contributed by atoms with Gasteiger partial charge in [-0.25, -0.2) is 0 Å². The van der Waals surface area contributed by atoms with Crippen LogP contribution in [0.2, 0.25) is 0 Å². The van der Waals surface area contributed by atoms with Crippen LogP contribution in [-0.4, -0.2) is 38.6 Å². The van der Waals surface area contributed by atoms with Crippen LogP contribution in [-0.2, 0) is 9.59 Å². The Morgan fingerprint density at radius 1 is 1.08 bits per heavy atom. The minimum Gasteiger partial charge on any atom is -0.493 e. The van der Waals surface area contributed by atoms with E-state index in [9.17, 15) is 9.59 Å². The van der Waals surface area contributed by atoms with Crippen LogP contribution in [0, 0.1) is 0 Å². The molecule has 0 unspecified atom stereocenters. The summed E-state index contributed by atoms with van der Waals surface area (Å²) >= 11 is 0. The summed E-state index contributed by atoms with van der Waals surface area (Å²) in [6.45, 7) is 0.395. The first-order valence-corrected chi connectivity index (χ1v) is 8.66. The Kier molecular flexibility index (Phi) is 7.82. The van der Waals surface area contributed by atoms with Gasteiger partial charge >= 0.3 is 0 Å². The lowest BCUT2D eigenvalue weighted by Gasteiger charge is -2.13. The Morgan fingerprint density at radius 3 is 2.60 bits per heavy atom. The number of hydrogen-bond acceptors (Lipinski definition) is 4. The molecule has 0 fully saturated rings. The van der Waals surface area contributed by atoms with E-state index in [0.29, 0.717) is 18.0 Å². The Morgan fingerprint density at radius 2 is 1.88 bits per heavy atom. The minimum absolute atomic E-state index is 0.0484. The maximum atomic E-state index is 11.8. The van der Waals surface area contributed by atoms with E-state index in [1.54, 1.807) is 18.2 Å². The molecule has 0 bridgehead atoms. The van der Waals surface area contributed by atoms with E-state index in [0.717, 1.165) is 19.3 Å². The van der Waals surface area contributed by atoms with Crippen molar-refractivity contribution < 1.29 is 19.1 Å². The summed E-state index contributed by atoms with van der Waals surface area (Å²) in [5.74, 6) is 0.508. The maximum absolute atomic E-state index is 11.8. The van der Waals surface area contributed by atoms with Crippen LogP contribution in [0.25, 0.3) is 0 Å². The molecule has 2 amide bonds. The quantitative estimate of drug-likeness (QED) is 0.672. The molecule has 6 heteroatoms. The second-order valence-electron chi connectivity index (χ2n) is 5.92. The van der Waals surface area contributed by atoms with E-state index in [-0.39, 0.29) is 25.0 Å². The molecular weight excluding hydrogens is 320 g/mol. The molecule has 0 saturated heterocycles. The fourth-order valence-corrected chi connectivity index (χ4v) is 2.67. The molecule has 1 aliphatic carbocycles. The van der Waals surface area contributed by atoms with Crippen molar-refractivity contribution in [2.45, 2.75) is 32.1 Å². The lowest BCUT2D eigenvalue weighted by molar-refractivity contribution is -0.127. The third-order valence-electron chi connectivity index (χ3n) is 4.03. The van der Waals surface area contributed by atoms with Crippen LogP contribution >= 0.6 is 0 Å². The zero-order chi connectivity index (χ0) is 17.9. The predicted molar refractivity (Wildman–Crippen MR) is 95.7 cm³/mol. The summed E-state index contributed by atoms with van der Waals surface area (Å²) in [5.41, 5.74) is 1.42. The first-order chi connectivity index (χ1) is 12.2. The smallest absolute Gasteiger partial charge is 0.258 e. The van der Waals surface area contributed by atoms with Gasteiger partial charge in [0.05, 0.1) is 13.7 Å². The van der Waals surface area contributed by atoms with Crippen LogP contribution < -0.4 is 20.1 Å². The van der Waals surface area contributed by atoms with Crippen LogP contribution in [0.15, 0.2) is 35.9 Å². The normalized spacial score (nSPS) is 13.6. The molecule has 0 heterocycles. The van der Waals surface area contributed by atoms with Crippen LogP contribution in [0.5, 0.6) is 11.5 Å². The Hall–Kier alpha value is -2.50. The highest BCUT2D eigenvalue weighted by Crippen LogP contribution is 2.25. The molecule has 6 nitrogen and oxygen atoms in total. The molecule has 0 atom stereocenters. The van der Waals surface area contributed by atoms with Crippen molar-refractivity contribution in [3.8, 4) is 11.5 Å². The van der Waals surface area contributed by atoms with Gasteiger partial charge in [-0.3, -0.25) is 9.59 Å². The monoisotopic (exact) mass is 346 g/mol. The minimum atomic E-state index is -0.351. The van der Waals surface area contributed by atoms with Crippen molar-refractivity contribution >= 4 is 11.8 Å². The Balaban J connectivity index is 1.60. The van der Waals surface area contributed by atoms with Crippen molar-refractivity contribution in [2.24, 2.45) is 0 Å². The number of carbonyl (C=O) groups is 2. The summed E-state index contributed by atoms with van der Waals surface area (Å²) in [6.07, 6.45) is 7.93. The molecule has 1 aromatic carbocycles. The molecule has 136 valence electrons. The van der Waals surface area contributed by atoms with Crippen molar-refractivity contribution in [3.05, 3.63) is 35.9 Å². The molecule has 0 saturated carbocycles. The lowest BCUT2D eigenvalue weighted by Crippen LogP contribution is -2.39. The van der Waals surface area contributed by atoms with Crippen LogP contribution in [0.4, 0.5) is 0 Å². The fourth-order valence-electron chi connectivity index (χ4n) is 2.67. The van der Waals surface area contributed by atoms with E-state index >= 15 is 0 Å². The second-order valence-corrected chi connectivity index (χ2v) is 5.92. The average molecular weight is 346 g/mol. The standard InChI is InChI=1S/C19H26N2O4/c1-24-16-9-5-6-10-17(16)25-14-19(23)21-13-18(22)20-12-11-15-7-3-2-4-8-15/h5-7,9-10H,2-4,8,11-14H2,1H3,(H,20,22)(H,21,23). The van der Waals surface area contributed by atoms with Gasteiger partial charge in [0.1, 0.15) is 0 Å². The topological polar surface area (TPSA) is 76.7 Å². The van der Waals surface area contributed by atoms with Gasteiger partial charge in [-0.15, -0.1) is 0 Å². The van der Waals surface area contributed by atoms with Gasteiger partial charge in [-0.05, 0) is 44.2 Å². The van der Waals surface area contributed by atoms with E-state index in [4.69, 9.17) is 9.47 Å². The van der Waals surface area contributed by atoms with Gasteiger partial charge < -0.3 is 20.1 Å². The molecule has 0 aromatic heterocycles. The van der Waals surface area contributed by atoms with Gasteiger partial charge in [-0.2, -0.15) is 0 Å². The third-order valence-corrected chi connectivity index (χ3v) is 4.03. The average Bonchev–Trinajstić information content (AvgIpc) is 2.65. The van der Waals surface area contributed by atoms with Crippen molar-refractivity contribution in [2.75, 3.05) is 26.8 Å². The number of methoxy groups -OCH3 is 1. The zero-order valence-electron chi connectivity index (χ0n) is 14.7. The summed E-state index contributed by atoms with van der Waals surface area (Å²) in [6, 6.07) is 7.09. The molecule has 0 aliphatic heterocycles. The number of allylic oxidation sites excluding steroid dienone is 1. The Labute approximate surface area is 148 Å².